The number of hydrogen-bond acceptors (Lipinski definition) is 3. The fourth-order valence-corrected chi connectivity index (χ4v) is 4.19. The standard InChI is InChI=1S/C22H31N5O/c1-3-23-22(24-13-19-9-10-25(2)14-19)27-16-20-21(17-27)28-12-11-26(20)15-18-7-5-4-6-8-18/h4-10,14,20-21H,3,11-13,15-17H2,1-2H3,(H,23,24). The maximum Gasteiger partial charge on any atom is 0.194 e. The molecule has 150 valence electrons. The van der Waals surface area contributed by atoms with Gasteiger partial charge in [-0.05, 0) is 24.1 Å². The normalized spacial score (nSPS) is 23.1. The minimum absolute atomic E-state index is 0.248. The summed E-state index contributed by atoms with van der Waals surface area (Å²) in [6.07, 6.45) is 4.44. The van der Waals surface area contributed by atoms with Gasteiger partial charge in [-0.2, -0.15) is 0 Å². The molecular formula is C22H31N5O. The van der Waals surface area contributed by atoms with Gasteiger partial charge in [-0.15, -0.1) is 0 Å². The van der Waals surface area contributed by atoms with Crippen molar-refractivity contribution < 1.29 is 4.74 Å². The van der Waals surface area contributed by atoms with Gasteiger partial charge in [-0.1, -0.05) is 30.3 Å². The third-order valence-corrected chi connectivity index (χ3v) is 5.58. The summed E-state index contributed by atoms with van der Waals surface area (Å²) in [5, 5.41) is 3.47. The van der Waals surface area contributed by atoms with Crippen molar-refractivity contribution in [3.8, 4) is 0 Å². The zero-order chi connectivity index (χ0) is 19.3. The van der Waals surface area contributed by atoms with E-state index in [1.165, 1.54) is 11.1 Å². The second kappa shape index (κ2) is 8.80. The summed E-state index contributed by atoms with van der Waals surface area (Å²) in [5.41, 5.74) is 2.60. The SMILES string of the molecule is CCNC(=NCc1ccn(C)c1)N1CC2OCCN(Cc3ccccc3)C2C1. The van der Waals surface area contributed by atoms with E-state index in [2.05, 4.69) is 75.4 Å². The second-order valence-electron chi connectivity index (χ2n) is 7.69. The van der Waals surface area contributed by atoms with Gasteiger partial charge in [0.15, 0.2) is 5.96 Å². The molecule has 2 unspecified atom stereocenters. The Balaban J connectivity index is 1.44. The number of hydrogen-bond donors (Lipinski definition) is 1. The molecule has 0 radical (unpaired) electrons. The molecule has 2 aliphatic heterocycles. The van der Waals surface area contributed by atoms with Crippen LogP contribution in [-0.4, -0.2) is 65.3 Å². The number of aliphatic imine (C=N–C) groups is 1. The maximum absolute atomic E-state index is 6.13. The van der Waals surface area contributed by atoms with Crippen molar-refractivity contribution in [2.24, 2.45) is 12.0 Å². The van der Waals surface area contributed by atoms with Crippen LogP contribution in [0.1, 0.15) is 18.1 Å². The number of morpholine rings is 1. The lowest BCUT2D eigenvalue weighted by atomic mass is 10.1. The largest absolute Gasteiger partial charge is 0.373 e. The Morgan fingerprint density at radius 2 is 2.04 bits per heavy atom. The zero-order valence-corrected chi connectivity index (χ0v) is 16.9. The molecule has 0 amide bonds. The molecule has 1 N–H and O–H groups in total. The molecule has 0 bridgehead atoms. The highest BCUT2D eigenvalue weighted by Gasteiger charge is 2.41. The Morgan fingerprint density at radius 3 is 2.79 bits per heavy atom. The van der Waals surface area contributed by atoms with Crippen LogP contribution in [0.3, 0.4) is 0 Å². The van der Waals surface area contributed by atoms with Crippen LogP contribution in [-0.2, 0) is 24.9 Å². The van der Waals surface area contributed by atoms with Crippen LogP contribution in [0.25, 0.3) is 0 Å². The van der Waals surface area contributed by atoms with E-state index in [4.69, 9.17) is 9.73 Å². The molecule has 0 aliphatic carbocycles. The predicted octanol–water partition coefficient (Wildman–Crippen LogP) is 2.08. The number of nitrogens with one attached hydrogen (secondary N) is 1. The van der Waals surface area contributed by atoms with Gasteiger partial charge in [0, 0.05) is 52.2 Å². The lowest BCUT2D eigenvalue weighted by Gasteiger charge is -2.36. The molecule has 3 heterocycles. The van der Waals surface area contributed by atoms with Gasteiger partial charge in [-0.25, -0.2) is 4.99 Å². The highest BCUT2D eigenvalue weighted by atomic mass is 16.5. The number of aromatic nitrogens is 1. The molecule has 6 heteroatoms. The Bertz CT molecular complexity index is 787. The molecule has 0 saturated carbocycles. The van der Waals surface area contributed by atoms with E-state index in [0.29, 0.717) is 12.6 Å². The van der Waals surface area contributed by atoms with E-state index in [1.807, 2.05) is 7.05 Å². The Morgan fingerprint density at radius 1 is 1.18 bits per heavy atom. The fraction of sp³-hybridized carbons (Fsp3) is 0.500. The molecule has 2 atom stereocenters. The summed E-state index contributed by atoms with van der Waals surface area (Å²) >= 11 is 0. The van der Waals surface area contributed by atoms with Crippen LogP contribution in [0, 0.1) is 0 Å². The van der Waals surface area contributed by atoms with Gasteiger partial charge in [0.1, 0.15) is 0 Å². The van der Waals surface area contributed by atoms with E-state index in [0.717, 1.165) is 45.3 Å². The fourth-order valence-electron chi connectivity index (χ4n) is 4.19. The monoisotopic (exact) mass is 381 g/mol. The van der Waals surface area contributed by atoms with Crippen molar-refractivity contribution in [1.29, 1.82) is 0 Å². The number of fused-ring (bicyclic) bond motifs is 1. The maximum atomic E-state index is 6.13. The number of nitrogens with zero attached hydrogens (tertiary/aromatic N) is 4. The molecule has 0 spiro atoms. The number of aryl methyl sites for hydroxylation is 1. The third kappa shape index (κ3) is 4.39. The number of benzene rings is 1. The van der Waals surface area contributed by atoms with Crippen molar-refractivity contribution in [2.45, 2.75) is 32.2 Å². The quantitative estimate of drug-likeness (QED) is 0.636. The molecule has 1 aromatic heterocycles. The van der Waals surface area contributed by atoms with Crippen molar-refractivity contribution in [3.63, 3.8) is 0 Å². The number of rotatable bonds is 5. The van der Waals surface area contributed by atoms with E-state index in [1.54, 1.807) is 0 Å². The molecule has 2 saturated heterocycles. The molecular weight excluding hydrogens is 350 g/mol. The van der Waals surface area contributed by atoms with Crippen molar-refractivity contribution >= 4 is 5.96 Å². The average Bonchev–Trinajstić information content (AvgIpc) is 3.32. The molecule has 2 fully saturated rings. The van der Waals surface area contributed by atoms with Gasteiger partial charge in [0.25, 0.3) is 0 Å². The Kier molecular flexibility index (Phi) is 5.98. The van der Waals surface area contributed by atoms with Crippen LogP contribution in [0.5, 0.6) is 0 Å². The van der Waals surface area contributed by atoms with Crippen molar-refractivity contribution in [3.05, 3.63) is 59.9 Å². The van der Waals surface area contributed by atoms with Gasteiger partial charge in [0.05, 0.1) is 25.3 Å². The highest BCUT2D eigenvalue weighted by Crippen LogP contribution is 2.24. The first-order valence-electron chi connectivity index (χ1n) is 10.3. The average molecular weight is 382 g/mol. The third-order valence-electron chi connectivity index (χ3n) is 5.58. The predicted molar refractivity (Wildman–Crippen MR) is 112 cm³/mol. The van der Waals surface area contributed by atoms with E-state index >= 15 is 0 Å². The molecule has 28 heavy (non-hydrogen) atoms. The number of likely N-dealkylation sites (tertiary alicyclic amines) is 1. The van der Waals surface area contributed by atoms with Gasteiger partial charge in [0.2, 0.25) is 0 Å². The van der Waals surface area contributed by atoms with E-state index in [9.17, 15) is 0 Å². The summed E-state index contributed by atoms with van der Waals surface area (Å²) in [7, 11) is 2.04. The lowest BCUT2D eigenvalue weighted by molar-refractivity contribution is -0.0502. The van der Waals surface area contributed by atoms with E-state index in [-0.39, 0.29) is 6.10 Å². The number of ether oxygens (including phenoxy) is 1. The Hall–Kier alpha value is -2.31. The van der Waals surface area contributed by atoms with Gasteiger partial charge < -0.3 is 19.5 Å². The first-order valence-corrected chi connectivity index (χ1v) is 10.3. The molecule has 6 nitrogen and oxygen atoms in total. The lowest BCUT2D eigenvalue weighted by Crippen LogP contribution is -2.50. The second-order valence-corrected chi connectivity index (χ2v) is 7.69. The van der Waals surface area contributed by atoms with Gasteiger partial charge in [-0.3, -0.25) is 4.90 Å². The summed E-state index contributed by atoms with van der Waals surface area (Å²) < 4.78 is 8.19. The first-order chi connectivity index (χ1) is 13.7. The zero-order valence-electron chi connectivity index (χ0n) is 16.9. The molecule has 2 aliphatic rings. The summed E-state index contributed by atoms with van der Waals surface area (Å²) in [4.78, 5) is 9.83. The number of guanidine groups is 1. The molecule has 1 aromatic carbocycles. The summed E-state index contributed by atoms with van der Waals surface area (Å²) in [6, 6.07) is 13.3. The van der Waals surface area contributed by atoms with Crippen LogP contribution < -0.4 is 5.32 Å². The van der Waals surface area contributed by atoms with Crippen molar-refractivity contribution in [2.75, 3.05) is 32.8 Å². The van der Waals surface area contributed by atoms with Crippen molar-refractivity contribution in [1.82, 2.24) is 19.7 Å². The van der Waals surface area contributed by atoms with Crippen LogP contribution in [0.15, 0.2) is 53.8 Å². The van der Waals surface area contributed by atoms with E-state index < -0.39 is 0 Å². The summed E-state index contributed by atoms with van der Waals surface area (Å²) in [6.45, 7) is 8.32. The minimum atomic E-state index is 0.248. The smallest absolute Gasteiger partial charge is 0.194 e. The highest BCUT2D eigenvalue weighted by molar-refractivity contribution is 5.80. The minimum Gasteiger partial charge on any atom is -0.373 e. The molecule has 2 aromatic rings. The van der Waals surface area contributed by atoms with Crippen LogP contribution >= 0.6 is 0 Å². The van der Waals surface area contributed by atoms with Gasteiger partial charge >= 0.3 is 0 Å². The van der Waals surface area contributed by atoms with Crippen LogP contribution in [0.4, 0.5) is 0 Å². The Labute approximate surface area is 167 Å². The topological polar surface area (TPSA) is 45.0 Å². The first kappa shape index (κ1) is 19.0. The van der Waals surface area contributed by atoms with Crippen LogP contribution in [0.2, 0.25) is 0 Å². The molecule has 4 rings (SSSR count). The summed E-state index contributed by atoms with van der Waals surface area (Å²) in [5.74, 6) is 0.990.